The monoisotopic (exact) mass is 201 g/mol. The molecule has 1 aromatic carbocycles. The highest BCUT2D eigenvalue weighted by atomic mass is 35.5. The molecule has 0 aliphatic carbocycles. The van der Waals surface area contributed by atoms with Crippen molar-refractivity contribution in [2.24, 2.45) is 0 Å². The topological polar surface area (TPSA) is 12.0 Å². The smallest absolute Gasteiger partial charge is 0.126 e. The lowest BCUT2D eigenvalue weighted by molar-refractivity contribution is 0.617. The fraction of sp³-hybridized carbons (Fsp3) is 0.400. The maximum atomic E-state index is 12.9. The highest BCUT2D eigenvalue weighted by molar-refractivity contribution is 6.17. The van der Waals surface area contributed by atoms with Crippen molar-refractivity contribution < 1.29 is 4.39 Å². The van der Waals surface area contributed by atoms with Gasteiger partial charge in [-0.15, -0.1) is 11.6 Å². The van der Waals surface area contributed by atoms with Gasteiger partial charge in [0.2, 0.25) is 0 Å². The van der Waals surface area contributed by atoms with Crippen LogP contribution in [0, 0.1) is 12.7 Å². The average molecular weight is 202 g/mol. The second kappa shape index (κ2) is 5.20. The van der Waals surface area contributed by atoms with E-state index in [1.807, 2.05) is 6.07 Å². The standard InChI is InChI=1S/C10H13ClFN/c1-8-6-9(2-3-10(8)12)4-5-13-7-11/h2-3,6,13H,4-5,7H2,1H3. The predicted molar refractivity (Wildman–Crippen MR) is 53.6 cm³/mol. The molecule has 1 N–H and O–H groups in total. The maximum absolute atomic E-state index is 12.9. The molecule has 0 atom stereocenters. The molecule has 0 aliphatic heterocycles. The van der Waals surface area contributed by atoms with Crippen LogP contribution in [0.3, 0.4) is 0 Å². The second-order valence-electron chi connectivity index (χ2n) is 2.97. The highest BCUT2D eigenvalue weighted by Gasteiger charge is 1.98. The van der Waals surface area contributed by atoms with Gasteiger partial charge in [-0.05, 0) is 30.5 Å². The van der Waals surface area contributed by atoms with Crippen molar-refractivity contribution in [1.29, 1.82) is 0 Å². The van der Waals surface area contributed by atoms with Crippen LogP contribution in [0.25, 0.3) is 0 Å². The minimum Gasteiger partial charge on any atom is -0.304 e. The zero-order valence-corrected chi connectivity index (χ0v) is 8.37. The van der Waals surface area contributed by atoms with Gasteiger partial charge in [0, 0.05) is 6.54 Å². The molecule has 0 aromatic heterocycles. The van der Waals surface area contributed by atoms with E-state index in [1.165, 1.54) is 6.07 Å². The molecule has 13 heavy (non-hydrogen) atoms. The summed E-state index contributed by atoms with van der Waals surface area (Å²) in [5.41, 5.74) is 1.83. The summed E-state index contributed by atoms with van der Waals surface area (Å²) < 4.78 is 12.9. The van der Waals surface area contributed by atoms with Gasteiger partial charge in [0.25, 0.3) is 0 Å². The van der Waals surface area contributed by atoms with Crippen molar-refractivity contribution in [3.63, 3.8) is 0 Å². The van der Waals surface area contributed by atoms with Gasteiger partial charge in [-0.25, -0.2) is 4.39 Å². The van der Waals surface area contributed by atoms with Crippen molar-refractivity contribution in [2.45, 2.75) is 13.3 Å². The first kappa shape index (κ1) is 10.5. The van der Waals surface area contributed by atoms with Gasteiger partial charge in [0.05, 0.1) is 6.00 Å². The van der Waals surface area contributed by atoms with Crippen LogP contribution >= 0.6 is 11.6 Å². The summed E-state index contributed by atoms with van der Waals surface area (Å²) in [5.74, 6) is -0.144. The number of alkyl halides is 1. The van der Waals surface area contributed by atoms with Crippen molar-refractivity contribution in [3.05, 3.63) is 35.1 Å². The SMILES string of the molecule is Cc1cc(CCNCCl)ccc1F. The molecule has 0 fully saturated rings. The first-order chi connectivity index (χ1) is 6.24. The van der Waals surface area contributed by atoms with Crippen LogP contribution in [-0.4, -0.2) is 12.5 Å². The van der Waals surface area contributed by atoms with E-state index in [2.05, 4.69) is 5.32 Å². The zero-order valence-electron chi connectivity index (χ0n) is 7.61. The number of nitrogens with one attached hydrogen (secondary N) is 1. The summed E-state index contributed by atoms with van der Waals surface area (Å²) in [6.07, 6.45) is 0.883. The van der Waals surface area contributed by atoms with Gasteiger partial charge in [0.1, 0.15) is 5.82 Å². The Hall–Kier alpha value is -0.600. The molecule has 0 amide bonds. The molecule has 0 saturated carbocycles. The third kappa shape index (κ3) is 3.33. The summed E-state index contributed by atoms with van der Waals surface area (Å²) in [4.78, 5) is 0. The van der Waals surface area contributed by atoms with Crippen molar-refractivity contribution in [3.8, 4) is 0 Å². The van der Waals surface area contributed by atoms with Crippen LogP contribution in [0.1, 0.15) is 11.1 Å². The third-order valence-corrected chi connectivity index (χ3v) is 2.10. The maximum Gasteiger partial charge on any atom is 0.126 e. The number of aryl methyl sites for hydroxylation is 1. The van der Waals surface area contributed by atoms with Gasteiger partial charge in [0.15, 0.2) is 0 Å². The summed E-state index contributed by atoms with van der Waals surface area (Å²) in [7, 11) is 0. The Bertz CT molecular complexity index is 276. The molecule has 0 spiro atoms. The van der Waals surface area contributed by atoms with Gasteiger partial charge in [-0.2, -0.15) is 0 Å². The zero-order chi connectivity index (χ0) is 9.68. The lowest BCUT2D eigenvalue weighted by Crippen LogP contribution is -2.14. The molecule has 0 heterocycles. The van der Waals surface area contributed by atoms with Crippen LogP contribution in [0.2, 0.25) is 0 Å². The molecule has 1 rings (SSSR count). The van der Waals surface area contributed by atoms with Crippen LogP contribution in [0.5, 0.6) is 0 Å². The van der Waals surface area contributed by atoms with E-state index in [0.717, 1.165) is 18.5 Å². The minimum absolute atomic E-state index is 0.144. The molecule has 0 radical (unpaired) electrons. The summed E-state index contributed by atoms with van der Waals surface area (Å²) >= 11 is 5.45. The van der Waals surface area contributed by atoms with Gasteiger partial charge < -0.3 is 5.32 Å². The van der Waals surface area contributed by atoms with Gasteiger partial charge in [-0.1, -0.05) is 12.1 Å². The molecule has 3 heteroatoms. The summed E-state index contributed by atoms with van der Waals surface area (Å²) in [6, 6.07) is 5.63. The quantitative estimate of drug-likeness (QED) is 0.448. The minimum atomic E-state index is -0.144. The van der Waals surface area contributed by atoms with E-state index in [0.29, 0.717) is 11.6 Å². The summed E-state index contributed by atoms with van der Waals surface area (Å²) in [5, 5.41) is 3.00. The largest absolute Gasteiger partial charge is 0.304 e. The molecule has 0 aliphatic rings. The van der Waals surface area contributed by atoms with Gasteiger partial charge in [-0.3, -0.25) is 0 Å². The lowest BCUT2D eigenvalue weighted by atomic mass is 10.1. The Labute approximate surface area is 82.9 Å². The molecule has 0 unspecified atom stereocenters. The molecule has 1 nitrogen and oxygen atoms in total. The Balaban J connectivity index is 2.53. The van der Waals surface area contributed by atoms with Crippen molar-refractivity contribution >= 4 is 11.6 Å². The number of hydrogen-bond acceptors (Lipinski definition) is 1. The van der Waals surface area contributed by atoms with Gasteiger partial charge >= 0.3 is 0 Å². The van der Waals surface area contributed by atoms with E-state index in [9.17, 15) is 4.39 Å². The van der Waals surface area contributed by atoms with E-state index in [1.54, 1.807) is 13.0 Å². The number of hydrogen-bond donors (Lipinski definition) is 1. The average Bonchev–Trinajstić information content (AvgIpc) is 2.12. The Kier molecular flexibility index (Phi) is 4.19. The fourth-order valence-corrected chi connectivity index (χ4v) is 1.30. The summed E-state index contributed by atoms with van der Waals surface area (Å²) in [6.45, 7) is 2.60. The van der Waals surface area contributed by atoms with Crippen molar-refractivity contribution in [2.75, 3.05) is 12.5 Å². The van der Waals surface area contributed by atoms with E-state index < -0.39 is 0 Å². The molecular weight excluding hydrogens is 189 g/mol. The fourth-order valence-electron chi connectivity index (χ4n) is 1.16. The van der Waals surface area contributed by atoms with Crippen LogP contribution in [-0.2, 0) is 6.42 Å². The Morgan fingerprint density at radius 3 is 2.85 bits per heavy atom. The first-order valence-corrected chi connectivity index (χ1v) is 4.79. The van der Waals surface area contributed by atoms with E-state index in [4.69, 9.17) is 11.6 Å². The molecule has 72 valence electrons. The Morgan fingerprint density at radius 2 is 2.23 bits per heavy atom. The normalized spacial score (nSPS) is 10.4. The third-order valence-electron chi connectivity index (χ3n) is 1.91. The highest BCUT2D eigenvalue weighted by Crippen LogP contribution is 2.09. The number of benzene rings is 1. The van der Waals surface area contributed by atoms with Crippen LogP contribution < -0.4 is 5.32 Å². The van der Waals surface area contributed by atoms with Crippen LogP contribution in [0.15, 0.2) is 18.2 Å². The molecular formula is C10H13ClFN. The number of halogens is 2. The Morgan fingerprint density at radius 1 is 1.46 bits per heavy atom. The molecule has 0 saturated heterocycles. The van der Waals surface area contributed by atoms with Crippen LogP contribution in [0.4, 0.5) is 4.39 Å². The van der Waals surface area contributed by atoms with E-state index in [-0.39, 0.29) is 5.82 Å². The van der Waals surface area contributed by atoms with E-state index >= 15 is 0 Å². The molecule has 1 aromatic rings. The second-order valence-corrected chi connectivity index (χ2v) is 3.23. The predicted octanol–water partition coefficient (Wildman–Crippen LogP) is 2.46. The number of rotatable bonds is 4. The lowest BCUT2D eigenvalue weighted by Gasteiger charge is -2.03. The molecule has 0 bridgehead atoms. The first-order valence-electron chi connectivity index (χ1n) is 4.25. The van der Waals surface area contributed by atoms with Crippen molar-refractivity contribution in [1.82, 2.24) is 5.32 Å².